The van der Waals surface area contributed by atoms with Crippen LogP contribution in [0.2, 0.25) is 39.3 Å². The molecule has 5 heteroatoms. The molecule has 0 amide bonds. The van der Waals surface area contributed by atoms with E-state index >= 15 is 0 Å². The van der Waals surface area contributed by atoms with Crippen molar-refractivity contribution in [1.29, 1.82) is 0 Å². The van der Waals surface area contributed by atoms with Crippen molar-refractivity contribution in [2.45, 2.75) is 39.3 Å². The number of hydrogen-bond acceptors (Lipinski definition) is 2. The van der Waals surface area contributed by atoms with Gasteiger partial charge in [0.25, 0.3) is 0 Å². The second-order valence-corrected chi connectivity index (χ2v) is 19.7. The molecule has 0 atom stereocenters. The second kappa shape index (κ2) is 15.8. The van der Waals surface area contributed by atoms with Crippen molar-refractivity contribution in [2.24, 2.45) is 0 Å². The zero-order valence-electron chi connectivity index (χ0n) is 20.8. The largest absolute Gasteiger partial charge is 2.00 e. The van der Waals surface area contributed by atoms with Gasteiger partial charge in [-0.25, -0.2) is 24.3 Å². The molecule has 174 valence electrons. The molecule has 4 aromatic rings. The number of aromatic hydroxyl groups is 2. The predicted molar refractivity (Wildman–Crippen MR) is 146 cm³/mol. The van der Waals surface area contributed by atoms with Crippen molar-refractivity contribution in [3.63, 3.8) is 0 Å². The summed E-state index contributed by atoms with van der Waals surface area (Å²) >= 11 is 0. The number of phenolic OH excluding ortho intramolecular Hbond substituents is 2. The molecule has 2 nitrogen and oxygen atoms in total. The molecule has 0 saturated heterocycles. The summed E-state index contributed by atoms with van der Waals surface area (Å²) < 4.78 is 0. The number of rotatable bonds is 2. The van der Waals surface area contributed by atoms with Crippen LogP contribution in [0.1, 0.15) is 0 Å². The average Bonchev–Trinajstić information content (AvgIpc) is 3.47. The van der Waals surface area contributed by atoms with Crippen LogP contribution in [0.25, 0.3) is 0 Å². The van der Waals surface area contributed by atoms with Gasteiger partial charge in [-0.05, 0) is 24.3 Å². The molecule has 0 aliphatic carbocycles. The van der Waals surface area contributed by atoms with Gasteiger partial charge >= 0.3 is 26.2 Å². The van der Waals surface area contributed by atoms with Gasteiger partial charge in [0.15, 0.2) is 0 Å². The third kappa shape index (κ3) is 14.7. The summed E-state index contributed by atoms with van der Waals surface area (Å²) in [6, 6.07) is 35.1. The summed E-state index contributed by atoms with van der Waals surface area (Å²) in [7, 11) is -2.33. The standard InChI is InChI=1S/2C9H14OSi.2C5H5.Zr/c2*1-11(2,3)9-6-4-8(10)5-7-9;2*1-2-4-5-3-1;/h2*4-7,10H,1-3H3;2*1-5H;/q;;2*-1;+2. The summed E-state index contributed by atoms with van der Waals surface area (Å²) in [4.78, 5) is 0. The fourth-order valence-electron chi connectivity index (χ4n) is 2.56. The first-order chi connectivity index (χ1) is 15.0. The fraction of sp³-hybridized carbons (Fsp3) is 0.214. The molecule has 0 aromatic heterocycles. The minimum atomic E-state index is -1.17. The van der Waals surface area contributed by atoms with Gasteiger partial charge < -0.3 is 10.2 Å². The molecule has 2 N–H and O–H groups in total. The van der Waals surface area contributed by atoms with Crippen LogP contribution in [-0.2, 0) is 26.2 Å². The Morgan fingerprint density at radius 3 is 0.879 bits per heavy atom. The summed E-state index contributed by atoms with van der Waals surface area (Å²) in [5, 5.41) is 20.8. The van der Waals surface area contributed by atoms with Crippen molar-refractivity contribution in [3.05, 3.63) is 109 Å². The second-order valence-electron chi connectivity index (χ2n) is 9.52. The maximum Gasteiger partial charge on any atom is 2.00 e. The fourth-order valence-corrected chi connectivity index (χ4v) is 4.90. The molecule has 0 saturated carbocycles. The van der Waals surface area contributed by atoms with E-state index in [1.165, 1.54) is 10.4 Å². The van der Waals surface area contributed by atoms with Crippen molar-refractivity contribution >= 4 is 26.5 Å². The van der Waals surface area contributed by atoms with Crippen LogP contribution in [0.15, 0.2) is 109 Å². The van der Waals surface area contributed by atoms with Gasteiger partial charge in [0.1, 0.15) is 11.5 Å². The van der Waals surface area contributed by atoms with Crippen LogP contribution in [-0.4, -0.2) is 26.4 Å². The zero-order valence-corrected chi connectivity index (χ0v) is 25.2. The maximum atomic E-state index is 9.04. The molecule has 0 aliphatic heterocycles. The van der Waals surface area contributed by atoms with Crippen molar-refractivity contribution in [3.8, 4) is 11.5 Å². The van der Waals surface area contributed by atoms with Gasteiger partial charge in [-0.3, -0.25) is 0 Å². The summed E-state index contributed by atoms with van der Waals surface area (Å²) in [6.45, 7) is 13.7. The van der Waals surface area contributed by atoms with E-state index in [1.54, 1.807) is 24.3 Å². The molecule has 0 bridgehead atoms. The molecule has 4 aromatic carbocycles. The normalized spacial score (nSPS) is 10.1. The Balaban J connectivity index is 0.000000434. The van der Waals surface area contributed by atoms with E-state index < -0.39 is 16.1 Å². The Morgan fingerprint density at radius 2 is 0.727 bits per heavy atom. The zero-order chi connectivity index (χ0) is 24.0. The molecule has 4 rings (SSSR count). The first-order valence-corrected chi connectivity index (χ1v) is 17.9. The average molecular weight is 554 g/mol. The van der Waals surface area contributed by atoms with Crippen LogP contribution in [0.3, 0.4) is 0 Å². The van der Waals surface area contributed by atoms with Crippen LogP contribution < -0.4 is 10.4 Å². The van der Waals surface area contributed by atoms with Gasteiger partial charge in [0, 0.05) is 0 Å². The maximum absolute atomic E-state index is 9.04. The Hall–Kier alpha value is -1.94. The van der Waals surface area contributed by atoms with Gasteiger partial charge in [-0.2, -0.15) is 36.4 Å². The summed E-state index contributed by atoms with van der Waals surface area (Å²) in [5.74, 6) is 0.707. The third-order valence-electron chi connectivity index (χ3n) is 4.58. The smallest absolute Gasteiger partial charge is 0.508 e. The van der Waals surface area contributed by atoms with Crippen molar-refractivity contribution in [1.82, 2.24) is 0 Å². The van der Waals surface area contributed by atoms with Crippen LogP contribution in [0, 0.1) is 0 Å². The van der Waals surface area contributed by atoms with Gasteiger partial charge in [-0.15, -0.1) is 0 Å². The van der Waals surface area contributed by atoms with E-state index in [0.717, 1.165) is 0 Å². The predicted octanol–water partition coefficient (Wildman–Crippen LogP) is 6.68. The van der Waals surface area contributed by atoms with Gasteiger partial charge in [0.05, 0.1) is 16.1 Å². The van der Waals surface area contributed by atoms with Crippen molar-refractivity contribution in [2.75, 3.05) is 0 Å². The number of benzene rings is 2. The quantitative estimate of drug-likeness (QED) is 0.215. The van der Waals surface area contributed by atoms with Crippen LogP contribution in [0.4, 0.5) is 0 Å². The van der Waals surface area contributed by atoms with E-state index in [0.29, 0.717) is 11.5 Å². The first-order valence-electron chi connectivity index (χ1n) is 10.9. The monoisotopic (exact) mass is 552 g/mol. The Kier molecular flexibility index (Phi) is 14.9. The molecular weight excluding hydrogens is 516 g/mol. The van der Waals surface area contributed by atoms with Gasteiger partial charge in [-0.1, -0.05) is 73.9 Å². The van der Waals surface area contributed by atoms with E-state index in [-0.39, 0.29) is 26.2 Å². The molecule has 0 unspecified atom stereocenters. The first kappa shape index (κ1) is 31.1. The van der Waals surface area contributed by atoms with E-state index in [9.17, 15) is 0 Å². The minimum Gasteiger partial charge on any atom is -0.508 e. The number of hydrogen-bond donors (Lipinski definition) is 2. The third-order valence-corrected chi connectivity index (χ3v) is 8.71. The van der Waals surface area contributed by atoms with Crippen molar-refractivity contribution < 1.29 is 36.4 Å². The summed E-state index contributed by atoms with van der Waals surface area (Å²) in [5.41, 5.74) is 0. The summed E-state index contributed by atoms with van der Waals surface area (Å²) in [6.07, 6.45) is 0. The minimum absolute atomic E-state index is 0. The Bertz CT molecular complexity index is 817. The van der Waals surface area contributed by atoms with Crippen LogP contribution >= 0.6 is 0 Å². The van der Waals surface area contributed by atoms with Gasteiger partial charge in [0.2, 0.25) is 0 Å². The topological polar surface area (TPSA) is 40.5 Å². The van der Waals surface area contributed by atoms with E-state index in [4.69, 9.17) is 10.2 Å². The Labute approximate surface area is 221 Å². The molecule has 33 heavy (non-hydrogen) atoms. The SMILES string of the molecule is C[Si](C)(C)c1ccc(O)cc1.C[Si](C)(C)c1ccc(O)cc1.[Zr+2].c1cc[cH-]c1.c1cc[cH-]c1. The van der Waals surface area contributed by atoms with E-state index in [2.05, 4.69) is 39.3 Å². The molecule has 0 heterocycles. The molecule has 0 aliphatic rings. The molecule has 0 radical (unpaired) electrons. The molecule has 0 spiro atoms. The Morgan fingerprint density at radius 1 is 0.485 bits per heavy atom. The number of phenols is 2. The molecular formula is C28H38O2Si2Zr. The van der Waals surface area contributed by atoms with Crippen LogP contribution in [0.5, 0.6) is 11.5 Å². The van der Waals surface area contributed by atoms with E-state index in [1.807, 2.05) is 84.9 Å². The molecule has 0 fully saturated rings.